The molecule has 0 aliphatic carbocycles. The summed E-state index contributed by atoms with van der Waals surface area (Å²) in [6, 6.07) is 8.64. The maximum Gasteiger partial charge on any atom is 0.263 e. The van der Waals surface area contributed by atoms with Gasteiger partial charge in [0.1, 0.15) is 17.0 Å². The summed E-state index contributed by atoms with van der Waals surface area (Å²) in [6.45, 7) is 8.04. The minimum absolute atomic E-state index is 0.594. The SMILES string of the molecule is Cc1nc(N2CCC(Sc3ccccc3C)CC2)c2c(C)noc2n1. The Kier molecular flexibility index (Phi) is 4.37. The quantitative estimate of drug-likeness (QED) is 0.699. The Labute approximate surface area is 151 Å². The predicted molar refractivity (Wildman–Crippen MR) is 101 cm³/mol. The van der Waals surface area contributed by atoms with Gasteiger partial charge >= 0.3 is 0 Å². The zero-order valence-corrected chi connectivity index (χ0v) is 15.6. The van der Waals surface area contributed by atoms with E-state index in [0.29, 0.717) is 11.0 Å². The maximum absolute atomic E-state index is 5.34. The molecule has 0 unspecified atom stereocenters. The third-order valence-corrected chi connectivity index (χ3v) is 6.24. The normalized spacial score (nSPS) is 15.9. The van der Waals surface area contributed by atoms with Crippen LogP contribution in [0.2, 0.25) is 0 Å². The summed E-state index contributed by atoms with van der Waals surface area (Å²) >= 11 is 2.01. The Hall–Kier alpha value is -2.08. The van der Waals surface area contributed by atoms with E-state index in [9.17, 15) is 0 Å². The molecule has 2 aromatic heterocycles. The van der Waals surface area contributed by atoms with Crippen LogP contribution in [0, 0.1) is 20.8 Å². The van der Waals surface area contributed by atoms with Gasteiger partial charge in [-0.3, -0.25) is 0 Å². The van der Waals surface area contributed by atoms with Gasteiger partial charge in [0, 0.05) is 23.2 Å². The van der Waals surface area contributed by atoms with Gasteiger partial charge in [0.25, 0.3) is 5.71 Å². The monoisotopic (exact) mass is 354 g/mol. The zero-order valence-electron chi connectivity index (χ0n) is 14.8. The smallest absolute Gasteiger partial charge is 0.263 e. The summed E-state index contributed by atoms with van der Waals surface area (Å²) in [6.07, 6.45) is 2.29. The van der Waals surface area contributed by atoms with Crippen LogP contribution >= 0.6 is 11.8 Å². The average Bonchev–Trinajstić information content (AvgIpc) is 2.98. The predicted octanol–water partition coefficient (Wildman–Crippen LogP) is 4.30. The number of benzene rings is 1. The fourth-order valence-corrected chi connectivity index (χ4v) is 4.57. The summed E-state index contributed by atoms with van der Waals surface area (Å²) < 4.78 is 5.34. The maximum atomic E-state index is 5.34. The van der Waals surface area contributed by atoms with Crippen LogP contribution in [-0.2, 0) is 0 Å². The van der Waals surface area contributed by atoms with Crippen LogP contribution in [0.5, 0.6) is 0 Å². The number of fused-ring (bicyclic) bond motifs is 1. The lowest BCUT2D eigenvalue weighted by Crippen LogP contribution is -2.35. The minimum atomic E-state index is 0.594. The molecule has 1 aromatic carbocycles. The van der Waals surface area contributed by atoms with Crippen LogP contribution in [0.1, 0.15) is 29.9 Å². The lowest BCUT2D eigenvalue weighted by Gasteiger charge is -2.33. The first-order chi connectivity index (χ1) is 12.1. The van der Waals surface area contributed by atoms with Crippen LogP contribution in [0.25, 0.3) is 11.1 Å². The average molecular weight is 354 g/mol. The molecule has 1 fully saturated rings. The molecular weight excluding hydrogens is 332 g/mol. The van der Waals surface area contributed by atoms with Gasteiger partial charge in [0.2, 0.25) is 0 Å². The van der Waals surface area contributed by atoms with Gasteiger partial charge < -0.3 is 9.42 Å². The van der Waals surface area contributed by atoms with Crippen molar-refractivity contribution in [3.05, 3.63) is 41.3 Å². The molecule has 0 spiro atoms. The van der Waals surface area contributed by atoms with Gasteiger partial charge in [0.05, 0.1) is 5.69 Å². The number of aryl methyl sites for hydroxylation is 3. The molecule has 0 bridgehead atoms. The van der Waals surface area contributed by atoms with Crippen LogP contribution in [-0.4, -0.2) is 33.5 Å². The highest BCUT2D eigenvalue weighted by molar-refractivity contribution is 8.00. The van der Waals surface area contributed by atoms with Gasteiger partial charge in [-0.05, 0) is 45.2 Å². The largest absolute Gasteiger partial charge is 0.356 e. The topological polar surface area (TPSA) is 55.1 Å². The molecule has 0 amide bonds. The van der Waals surface area contributed by atoms with Crippen molar-refractivity contribution in [2.75, 3.05) is 18.0 Å². The Bertz CT molecular complexity index is 900. The number of thioether (sulfide) groups is 1. The van der Waals surface area contributed by atoms with Crippen molar-refractivity contribution < 1.29 is 4.52 Å². The van der Waals surface area contributed by atoms with E-state index in [1.165, 1.54) is 10.5 Å². The highest BCUT2D eigenvalue weighted by atomic mass is 32.2. The van der Waals surface area contributed by atoms with Crippen molar-refractivity contribution in [1.82, 2.24) is 15.1 Å². The zero-order chi connectivity index (χ0) is 17.4. The Morgan fingerprint density at radius 3 is 2.60 bits per heavy atom. The lowest BCUT2D eigenvalue weighted by atomic mass is 10.1. The molecule has 1 aliphatic heterocycles. The number of hydrogen-bond donors (Lipinski definition) is 0. The van der Waals surface area contributed by atoms with Gasteiger partial charge in [-0.1, -0.05) is 23.4 Å². The molecule has 1 aliphatic rings. The molecule has 4 rings (SSSR count). The Balaban J connectivity index is 1.51. The number of piperidine rings is 1. The third-order valence-electron chi connectivity index (χ3n) is 4.73. The first-order valence-corrected chi connectivity index (χ1v) is 9.57. The summed E-state index contributed by atoms with van der Waals surface area (Å²) in [5, 5.41) is 5.67. The fraction of sp³-hybridized carbons (Fsp3) is 0.421. The van der Waals surface area contributed by atoms with Gasteiger partial charge in [-0.2, -0.15) is 4.98 Å². The number of rotatable bonds is 3. The van der Waals surface area contributed by atoms with E-state index in [1.807, 2.05) is 25.6 Å². The van der Waals surface area contributed by atoms with Crippen molar-refractivity contribution in [2.45, 2.75) is 43.8 Å². The third kappa shape index (κ3) is 3.23. The molecule has 130 valence electrons. The molecule has 0 atom stereocenters. The molecule has 25 heavy (non-hydrogen) atoms. The number of anilines is 1. The lowest BCUT2D eigenvalue weighted by molar-refractivity contribution is 0.442. The van der Waals surface area contributed by atoms with Gasteiger partial charge in [-0.15, -0.1) is 11.8 Å². The minimum Gasteiger partial charge on any atom is -0.356 e. The fourth-order valence-electron chi connectivity index (χ4n) is 3.36. The second-order valence-electron chi connectivity index (χ2n) is 6.61. The highest BCUT2D eigenvalue weighted by Gasteiger charge is 2.25. The first-order valence-electron chi connectivity index (χ1n) is 8.69. The molecule has 0 saturated carbocycles. The van der Waals surface area contributed by atoms with Crippen molar-refractivity contribution in [3.63, 3.8) is 0 Å². The number of aromatic nitrogens is 3. The standard InChI is InChI=1S/C19H22N4OS/c1-12-6-4-5-7-16(12)25-15-8-10-23(11-9-15)18-17-13(2)22-24-19(17)21-14(3)20-18/h4-7,15H,8-11H2,1-3H3. The second kappa shape index (κ2) is 6.67. The van der Waals surface area contributed by atoms with E-state index in [0.717, 1.165) is 48.7 Å². The first kappa shape index (κ1) is 16.4. The number of hydrogen-bond acceptors (Lipinski definition) is 6. The summed E-state index contributed by atoms with van der Waals surface area (Å²) in [5.41, 5.74) is 2.82. The van der Waals surface area contributed by atoms with E-state index in [4.69, 9.17) is 4.52 Å². The molecule has 3 aromatic rings. The molecule has 0 N–H and O–H groups in total. The Morgan fingerprint density at radius 2 is 1.84 bits per heavy atom. The molecule has 6 heteroatoms. The second-order valence-corrected chi connectivity index (χ2v) is 7.95. The molecule has 3 heterocycles. The van der Waals surface area contributed by atoms with Crippen LogP contribution in [0.15, 0.2) is 33.7 Å². The van der Waals surface area contributed by atoms with Crippen molar-refractivity contribution in [3.8, 4) is 0 Å². The van der Waals surface area contributed by atoms with E-state index in [-0.39, 0.29) is 0 Å². The molecular formula is C19H22N4OS. The molecule has 1 saturated heterocycles. The Morgan fingerprint density at radius 1 is 1.08 bits per heavy atom. The van der Waals surface area contributed by atoms with Gasteiger partial charge in [-0.25, -0.2) is 4.98 Å². The summed E-state index contributed by atoms with van der Waals surface area (Å²) in [4.78, 5) is 12.8. The van der Waals surface area contributed by atoms with Crippen LogP contribution < -0.4 is 4.90 Å². The van der Waals surface area contributed by atoms with E-state index in [1.54, 1.807) is 0 Å². The van der Waals surface area contributed by atoms with E-state index < -0.39 is 0 Å². The van der Waals surface area contributed by atoms with E-state index in [2.05, 4.69) is 51.2 Å². The highest BCUT2D eigenvalue weighted by Crippen LogP contribution is 2.35. The van der Waals surface area contributed by atoms with Gasteiger partial charge in [0.15, 0.2) is 0 Å². The summed E-state index contributed by atoms with van der Waals surface area (Å²) in [5.74, 6) is 1.70. The summed E-state index contributed by atoms with van der Waals surface area (Å²) in [7, 11) is 0. The van der Waals surface area contributed by atoms with Crippen molar-refractivity contribution >= 4 is 28.7 Å². The van der Waals surface area contributed by atoms with Crippen LogP contribution in [0.3, 0.4) is 0 Å². The molecule has 0 radical (unpaired) electrons. The van der Waals surface area contributed by atoms with Crippen molar-refractivity contribution in [1.29, 1.82) is 0 Å². The number of nitrogens with zero attached hydrogens (tertiary/aromatic N) is 4. The molecule has 5 nitrogen and oxygen atoms in total. The van der Waals surface area contributed by atoms with Crippen LogP contribution in [0.4, 0.5) is 5.82 Å². The van der Waals surface area contributed by atoms with Crippen molar-refractivity contribution in [2.24, 2.45) is 0 Å². The van der Waals surface area contributed by atoms with E-state index >= 15 is 0 Å².